The molecule has 0 aliphatic carbocycles. The number of carbonyl (C=O) groups is 1. The maximum absolute atomic E-state index is 12.5. The van der Waals surface area contributed by atoms with Crippen molar-refractivity contribution in [3.8, 4) is 17.0 Å². The number of ether oxygens (including phenoxy) is 1. The van der Waals surface area contributed by atoms with E-state index in [1.807, 2.05) is 55.6 Å². The largest absolute Gasteiger partial charge is 0.495 e. The molecule has 0 bridgehead atoms. The van der Waals surface area contributed by atoms with Gasteiger partial charge in [0, 0.05) is 29.3 Å². The number of hydrogen-bond donors (Lipinski definition) is 2. The highest BCUT2D eigenvalue weighted by molar-refractivity contribution is 7.12. The van der Waals surface area contributed by atoms with Crippen molar-refractivity contribution < 1.29 is 9.53 Å². The van der Waals surface area contributed by atoms with Gasteiger partial charge < -0.3 is 15.4 Å². The lowest BCUT2D eigenvalue weighted by atomic mass is 10.1. The zero-order chi connectivity index (χ0) is 21.8. The number of benzene rings is 1. The summed E-state index contributed by atoms with van der Waals surface area (Å²) in [5.74, 6) is 0.984. The Morgan fingerprint density at radius 2 is 1.94 bits per heavy atom. The van der Waals surface area contributed by atoms with Crippen LogP contribution in [-0.4, -0.2) is 28.0 Å². The molecule has 1 amide bonds. The maximum Gasteiger partial charge on any atom is 0.265 e. The van der Waals surface area contributed by atoms with E-state index in [2.05, 4.69) is 25.6 Å². The van der Waals surface area contributed by atoms with Gasteiger partial charge in [0.1, 0.15) is 5.75 Å². The Hall–Kier alpha value is -3.78. The minimum atomic E-state index is -0.119. The molecule has 4 aromatic rings. The number of aromatic nitrogens is 3. The number of carbonyl (C=O) groups excluding carboxylic acids is 1. The van der Waals surface area contributed by atoms with Crippen molar-refractivity contribution in [1.29, 1.82) is 0 Å². The summed E-state index contributed by atoms with van der Waals surface area (Å²) in [6, 6.07) is 11.3. The molecule has 8 heteroatoms. The van der Waals surface area contributed by atoms with E-state index in [4.69, 9.17) is 4.74 Å². The molecule has 0 radical (unpaired) electrons. The topological polar surface area (TPSA) is 89.0 Å². The van der Waals surface area contributed by atoms with Crippen LogP contribution < -0.4 is 15.4 Å². The van der Waals surface area contributed by atoms with Gasteiger partial charge in [-0.25, -0.2) is 9.97 Å². The number of nitrogens with one attached hydrogen (secondary N) is 2. The molecule has 7 nitrogen and oxygen atoms in total. The highest BCUT2D eigenvalue weighted by Crippen LogP contribution is 2.26. The van der Waals surface area contributed by atoms with Crippen LogP contribution >= 0.6 is 11.3 Å². The number of aryl methyl sites for hydroxylation is 2. The normalized spacial score (nSPS) is 10.5. The van der Waals surface area contributed by atoms with Crippen LogP contribution in [0.25, 0.3) is 11.3 Å². The van der Waals surface area contributed by atoms with Crippen LogP contribution in [0.1, 0.15) is 20.8 Å². The maximum atomic E-state index is 12.5. The molecule has 0 fully saturated rings. The number of pyridine rings is 1. The zero-order valence-electron chi connectivity index (χ0n) is 17.3. The van der Waals surface area contributed by atoms with Gasteiger partial charge in [0.25, 0.3) is 5.91 Å². The lowest BCUT2D eigenvalue weighted by Crippen LogP contribution is -2.11. The molecule has 0 unspecified atom stereocenters. The third-order valence-electron chi connectivity index (χ3n) is 4.71. The molecule has 0 aliphatic rings. The summed E-state index contributed by atoms with van der Waals surface area (Å²) in [4.78, 5) is 26.4. The smallest absolute Gasteiger partial charge is 0.265 e. The van der Waals surface area contributed by atoms with Crippen molar-refractivity contribution in [3.63, 3.8) is 0 Å². The van der Waals surface area contributed by atoms with Crippen LogP contribution in [0.15, 0.2) is 60.4 Å². The molecule has 0 atom stereocenters. The Labute approximate surface area is 184 Å². The highest BCUT2D eigenvalue weighted by Gasteiger charge is 2.12. The Bertz CT molecular complexity index is 1240. The Morgan fingerprint density at radius 1 is 1.06 bits per heavy atom. The monoisotopic (exact) mass is 431 g/mol. The van der Waals surface area contributed by atoms with Gasteiger partial charge >= 0.3 is 0 Å². The van der Waals surface area contributed by atoms with E-state index in [0.29, 0.717) is 22.3 Å². The Morgan fingerprint density at radius 3 is 2.71 bits per heavy atom. The summed E-state index contributed by atoms with van der Waals surface area (Å²) < 4.78 is 5.24. The number of amides is 1. The van der Waals surface area contributed by atoms with Gasteiger partial charge in [-0.1, -0.05) is 6.07 Å². The van der Waals surface area contributed by atoms with Crippen molar-refractivity contribution in [3.05, 3.63) is 76.4 Å². The second kappa shape index (κ2) is 8.93. The molecule has 0 aliphatic heterocycles. The molecule has 3 aromatic heterocycles. The summed E-state index contributed by atoms with van der Waals surface area (Å²) in [5.41, 5.74) is 5.02. The fourth-order valence-corrected chi connectivity index (χ4v) is 3.82. The van der Waals surface area contributed by atoms with E-state index in [0.717, 1.165) is 28.1 Å². The minimum Gasteiger partial charge on any atom is -0.495 e. The summed E-state index contributed by atoms with van der Waals surface area (Å²) >= 11 is 1.43. The number of thiophene rings is 1. The molecule has 0 spiro atoms. The van der Waals surface area contributed by atoms with Crippen molar-refractivity contribution in [2.75, 3.05) is 17.7 Å². The van der Waals surface area contributed by atoms with E-state index in [9.17, 15) is 4.79 Å². The first kappa shape index (κ1) is 20.5. The lowest BCUT2D eigenvalue weighted by molar-refractivity contribution is 0.103. The predicted molar refractivity (Wildman–Crippen MR) is 123 cm³/mol. The van der Waals surface area contributed by atoms with Crippen molar-refractivity contribution in [1.82, 2.24) is 15.0 Å². The van der Waals surface area contributed by atoms with Crippen molar-refractivity contribution in [2.45, 2.75) is 13.8 Å². The summed E-state index contributed by atoms with van der Waals surface area (Å²) in [6.45, 7) is 3.91. The van der Waals surface area contributed by atoms with Crippen LogP contribution in [0, 0.1) is 13.8 Å². The average molecular weight is 432 g/mol. The van der Waals surface area contributed by atoms with Crippen LogP contribution in [0.5, 0.6) is 5.75 Å². The first-order valence-corrected chi connectivity index (χ1v) is 10.5. The first-order valence-electron chi connectivity index (χ1n) is 9.59. The summed E-state index contributed by atoms with van der Waals surface area (Å²) in [6.07, 6.45) is 5.05. The molecule has 0 saturated carbocycles. The molecular weight excluding hydrogens is 410 g/mol. The fourth-order valence-electron chi connectivity index (χ4n) is 3.00. The molecule has 3 heterocycles. The Kier molecular flexibility index (Phi) is 5.90. The van der Waals surface area contributed by atoms with Gasteiger partial charge in [-0.3, -0.25) is 9.78 Å². The van der Waals surface area contributed by atoms with Gasteiger partial charge in [0.05, 0.1) is 23.9 Å². The molecule has 4 rings (SSSR count). The van der Waals surface area contributed by atoms with Gasteiger partial charge in [0.15, 0.2) is 0 Å². The Balaban J connectivity index is 1.56. The highest BCUT2D eigenvalue weighted by atomic mass is 32.1. The molecule has 0 saturated heterocycles. The van der Waals surface area contributed by atoms with Gasteiger partial charge in [0.2, 0.25) is 5.95 Å². The lowest BCUT2D eigenvalue weighted by Gasteiger charge is -2.12. The second-order valence-electron chi connectivity index (χ2n) is 6.92. The predicted octanol–water partition coefficient (Wildman–Crippen LogP) is 5.22. The average Bonchev–Trinajstić information content (AvgIpc) is 3.22. The fraction of sp³-hybridized carbons (Fsp3) is 0.130. The van der Waals surface area contributed by atoms with E-state index < -0.39 is 0 Å². The molecule has 2 N–H and O–H groups in total. The molecular formula is C23H21N5O2S. The third-order valence-corrected chi connectivity index (χ3v) is 5.73. The molecule has 1 aromatic carbocycles. The number of rotatable bonds is 6. The van der Waals surface area contributed by atoms with Crippen LogP contribution in [0.2, 0.25) is 0 Å². The van der Waals surface area contributed by atoms with Gasteiger partial charge in [-0.2, -0.15) is 0 Å². The number of nitrogens with zero attached hydrogens (tertiary/aromatic N) is 3. The van der Waals surface area contributed by atoms with E-state index in [1.54, 1.807) is 25.7 Å². The first-order chi connectivity index (χ1) is 15.0. The molecule has 31 heavy (non-hydrogen) atoms. The third kappa shape index (κ3) is 4.70. The van der Waals surface area contributed by atoms with Crippen LogP contribution in [-0.2, 0) is 0 Å². The van der Waals surface area contributed by atoms with Crippen molar-refractivity contribution >= 4 is 34.6 Å². The number of hydrogen-bond acceptors (Lipinski definition) is 7. The van der Waals surface area contributed by atoms with Crippen LogP contribution in [0.4, 0.5) is 17.3 Å². The van der Waals surface area contributed by atoms with Gasteiger partial charge in [-0.15, -0.1) is 11.3 Å². The quantitative estimate of drug-likeness (QED) is 0.435. The van der Waals surface area contributed by atoms with Crippen molar-refractivity contribution in [2.24, 2.45) is 0 Å². The SMILES string of the molecule is COc1cncc(-c2ccnc(Nc3cc(NC(=O)c4sccc4C)ccc3C)n2)c1. The number of anilines is 3. The second-order valence-corrected chi connectivity index (χ2v) is 7.84. The molecule has 156 valence electrons. The number of methoxy groups -OCH3 is 1. The van der Waals surface area contributed by atoms with Crippen LogP contribution in [0.3, 0.4) is 0 Å². The minimum absolute atomic E-state index is 0.119. The van der Waals surface area contributed by atoms with E-state index >= 15 is 0 Å². The summed E-state index contributed by atoms with van der Waals surface area (Å²) in [5, 5.41) is 8.12. The van der Waals surface area contributed by atoms with Gasteiger partial charge in [-0.05, 0) is 60.7 Å². The summed E-state index contributed by atoms with van der Waals surface area (Å²) in [7, 11) is 1.60. The zero-order valence-corrected chi connectivity index (χ0v) is 18.2. The standard InChI is InChI=1S/C23H21N5O2S/c1-14-4-5-17(26-22(29)21-15(2)7-9-31-21)11-20(14)28-23-25-8-6-19(27-23)16-10-18(30-3)13-24-12-16/h4-13H,1-3H3,(H,26,29)(H,25,27,28). The van der Waals surface area contributed by atoms with E-state index in [1.165, 1.54) is 11.3 Å². The van der Waals surface area contributed by atoms with E-state index in [-0.39, 0.29) is 5.91 Å².